The first kappa shape index (κ1) is 16.1. The van der Waals surface area contributed by atoms with E-state index in [-0.39, 0.29) is 0 Å². The van der Waals surface area contributed by atoms with Crippen molar-refractivity contribution in [3.05, 3.63) is 42.9 Å². The van der Waals surface area contributed by atoms with Crippen molar-refractivity contribution in [3.8, 4) is 17.3 Å². The molecular formula is C16H13N5O2S2. The molecule has 0 spiro atoms. The van der Waals surface area contributed by atoms with Crippen LogP contribution in [-0.2, 0) is 4.18 Å². The van der Waals surface area contributed by atoms with Crippen LogP contribution in [0.5, 0.6) is 6.01 Å². The lowest BCUT2D eigenvalue weighted by atomic mass is 10.1. The fraction of sp³-hybridized carbons (Fsp3) is 0.125. The van der Waals surface area contributed by atoms with Crippen LogP contribution in [0.3, 0.4) is 0 Å². The van der Waals surface area contributed by atoms with Gasteiger partial charge in [0.25, 0.3) is 0 Å². The fourth-order valence-corrected chi connectivity index (χ4v) is 3.45. The average molecular weight is 371 g/mol. The highest BCUT2D eigenvalue weighted by molar-refractivity contribution is 7.94. The van der Waals surface area contributed by atoms with Crippen molar-refractivity contribution in [2.45, 2.75) is 5.16 Å². The first-order chi connectivity index (χ1) is 12.3. The van der Waals surface area contributed by atoms with Crippen LogP contribution in [0.4, 0.5) is 0 Å². The van der Waals surface area contributed by atoms with Crippen LogP contribution in [0.1, 0.15) is 0 Å². The summed E-state index contributed by atoms with van der Waals surface area (Å²) in [7, 11) is 1.61. The van der Waals surface area contributed by atoms with Crippen molar-refractivity contribution in [1.29, 1.82) is 0 Å². The Hall–Kier alpha value is -2.36. The topological polar surface area (TPSA) is 74.4 Å². The second kappa shape index (κ2) is 6.87. The molecule has 0 aliphatic carbocycles. The van der Waals surface area contributed by atoms with Crippen molar-refractivity contribution in [2.75, 3.05) is 13.4 Å². The molecule has 9 heteroatoms. The summed E-state index contributed by atoms with van der Waals surface area (Å²) in [6.07, 6.45) is 7.02. The molecule has 0 bridgehead atoms. The second-order valence-corrected chi connectivity index (χ2v) is 6.29. The molecule has 0 amide bonds. The van der Waals surface area contributed by atoms with E-state index >= 15 is 0 Å². The molecule has 126 valence electrons. The largest absolute Gasteiger partial charge is 0.389 e. The Morgan fingerprint density at radius 1 is 1.04 bits per heavy atom. The smallest absolute Gasteiger partial charge is 0.329 e. The number of rotatable bonds is 5. The summed E-state index contributed by atoms with van der Waals surface area (Å²) >= 11 is 2.40. The third kappa shape index (κ3) is 2.80. The molecule has 0 N–H and O–H groups in total. The first-order valence-electron chi connectivity index (χ1n) is 7.32. The number of hydrogen-bond donors (Lipinski definition) is 0. The van der Waals surface area contributed by atoms with Crippen molar-refractivity contribution in [2.24, 2.45) is 0 Å². The highest BCUT2D eigenvalue weighted by atomic mass is 32.2. The van der Waals surface area contributed by atoms with E-state index in [4.69, 9.17) is 8.37 Å². The first-order valence-corrected chi connectivity index (χ1v) is 9.21. The van der Waals surface area contributed by atoms with Gasteiger partial charge in [0.1, 0.15) is 5.65 Å². The molecule has 0 aliphatic heterocycles. The van der Waals surface area contributed by atoms with Gasteiger partial charge in [0, 0.05) is 35.8 Å². The van der Waals surface area contributed by atoms with Gasteiger partial charge < -0.3 is 8.37 Å². The molecule has 0 fully saturated rings. The van der Waals surface area contributed by atoms with Crippen LogP contribution in [0.15, 0.2) is 48.0 Å². The Balaban J connectivity index is 2.06. The summed E-state index contributed by atoms with van der Waals surface area (Å²) < 4.78 is 12.5. The molecule has 0 aliphatic rings. The Bertz CT molecular complexity index is 1050. The summed E-state index contributed by atoms with van der Waals surface area (Å²) in [5.41, 5.74) is 3.46. The summed E-state index contributed by atoms with van der Waals surface area (Å²) in [5, 5.41) is 1.67. The van der Waals surface area contributed by atoms with Crippen molar-refractivity contribution in [3.63, 3.8) is 0 Å². The maximum atomic E-state index is 5.37. The fourth-order valence-electron chi connectivity index (χ4n) is 2.71. The summed E-state index contributed by atoms with van der Waals surface area (Å²) in [6, 6.07) is 8.04. The lowest BCUT2D eigenvalue weighted by Gasteiger charge is -2.05. The number of aromatic nitrogens is 5. The minimum Gasteiger partial charge on any atom is -0.389 e. The Morgan fingerprint density at radius 2 is 1.92 bits per heavy atom. The normalized spacial score (nSPS) is 11.3. The molecule has 0 aromatic carbocycles. The van der Waals surface area contributed by atoms with Gasteiger partial charge in [-0.3, -0.25) is 4.40 Å². The van der Waals surface area contributed by atoms with Gasteiger partial charge in [-0.1, -0.05) is 0 Å². The molecule has 7 nitrogen and oxygen atoms in total. The number of nitrogens with zero attached hydrogens (tertiary/aromatic N) is 5. The SMILES string of the molecule is COSc1nccc2c(-c3ccnc(OSC)n3)c3cccnc3n12. The van der Waals surface area contributed by atoms with E-state index in [0.717, 1.165) is 27.8 Å². The summed E-state index contributed by atoms with van der Waals surface area (Å²) in [5.74, 6) is 0. The Labute approximate surface area is 152 Å². The van der Waals surface area contributed by atoms with Gasteiger partial charge >= 0.3 is 6.01 Å². The van der Waals surface area contributed by atoms with Gasteiger partial charge in [-0.05, 0) is 24.3 Å². The monoisotopic (exact) mass is 371 g/mol. The van der Waals surface area contributed by atoms with E-state index in [1.165, 1.54) is 24.1 Å². The highest BCUT2D eigenvalue weighted by Crippen LogP contribution is 2.35. The number of fused-ring (bicyclic) bond motifs is 3. The van der Waals surface area contributed by atoms with Gasteiger partial charge in [-0.25, -0.2) is 15.0 Å². The van der Waals surface area contributed by atoms with Crippen LogP contribution >= 0.6 is 24.1 Å². The minimum atomic E-state index is 0.321. The molecular weight excluding hydrogens is 358 g/mol. The summed E-state index contributed by atoms with van der Waals surface area (Å²) in [4.78, 5) is 17.6. The lowest BCUT2D eigenvalue weighted by molar-refractivity contribution is 0.485. The van der Waals surface area contributed by atoms with Crippen molar-refractivity contribution in [1.82, 2.24) is 24.3 Å². The zero-order chi connectivity index (χ0) is 17.2. The van der Waals surface area contributed by atoms with Crippen molar-refractivity contribution < 1.29 is 8.37 Å². The van der Waals surface area contributed by atoms with E-state index in [1.54, 1.807) is 25.7 Å². The van der Waals surface area contributed by atoms with Crippen LogP contribution in [0.2, 0.25) is 0 Å². The Morgan fingerprint density at radius 3 is 2.76 bits per heavy atom. The van der Waals surface area contributed by atoms with Gasteiger partial charge in [0.15, 0.2) is 0 Å². The quantitative estimate of drug-likeness (QED) is 0.389. The van der Waals surface area contributed by atoms with Gasteiger partial charge in [-0.2, -0.15) is 4.98 Å². The molecule has 0 radical (unpaired) electrons. The molecule has 4 rings (SSSR count). The molecule has 4 heterocycles. The standard InChI is InChI=1S/C16H13N5O2S2/c1-22-25-16-19-9-6-12-13(10-4-3-7-17-14(10)21(12)16)11-5-8-18-15(20-11)23-24-2/h3-9H,1-2H3. The predicted octanol–water partition coefficient (Wildman–Crippen LogP) is 3.65. The molecule has 0 atom stereocenters. The molecule has 0 saturated carbocycles. The molecule has 0 unspecified atom stereocenters. The molecule has 4 aromatic heterocycles. The van der Waals surface area contributed by atoms with Crippen LogP contribution in [0, 0.1) is 0 Å². The molecule has 0 saturated heterocycles. The lowest BCUT2D eigenvalue weighted by Crippen LogP contribution is -1.95. The predicted molar refractivity (Wildman–Crippen MR) is 98.5 cm³/mol. The average Bonchev–Trinajstić information content (AvgIpc) is 2.98. The zero-order valence-electron chi connectivity index (χ0n) is 13.4. The van der Waals surface area contributed by atoms with E-state index in [0.29, 0.717) is 11.2 Å². The van der Waals surface area contributed by atoms with Gasteiger partial charge in [0.2, 0.25) is 5.16 Å². The third-order valence-electron chi connectivity index (χ3n) is 3.58. The number of hydrogen-bond acceptors (Lipinski definition) is 8. The second-order valence-electron chi connectivity index (χ2n) is 4.92. The summed E-state index contributed by atoms with van der Waals surface area (Å²) in [6.45, 7) is 0. The number of pyridine rings is 1. The third-order valence-corrected chi connectivity index (χ3v) is 4.50. The van der Waals surface area contributed by atoms with E-state index in [2.05, 4.69) is 19.9 Å². The van der Waals surface area contributed by atoms with Gasteiger partial charge in [0.05, 0.1) is 42.4 Å². The van der Waals surface area contributed by atoms with E-state index in [9.17, 15) is 0 Å². The van der Waals surface area contributed by atoms with Crippen molar-refractivity contribution >= 4 is 40.6 Å². The van der Waals surface area contributed by atoms with Crippen LogP contribution in [0.25, 0.3) is 27.8 Å². The van der Waals surface area contributed by atoms with Crippen LogP contribution in [-0.4, -0.2) is 37.7 Å². The zero-order valence-corrected chi connectivity index (χ0v) is 15.0. The highest BCUT2D eigenvalue weighted by Gasteiger charge is 2.19. The maximum absolute atomic E-state index is 5.37. The maximum Gasteiger partial charge on any atom is 0.329 e. The Kier molecular flexibility index (Phi) is 4.43. The van der Waals surface area contributed by atoms with Crippen LogP contribution < -0.4 is 4.18 Å². The van der Waals surface area contributed by atoms with Gasteiger partial charge in [-0.15, -0.1) is 0 Å². The van der Waals surface area contributed by atoms with E-state index < -0.39 is 0 Å². The molecule has 4 aromatic rings. The van der Waals surface area contributed by atoms with E-state index in [1.807, 2.05) is 34.9 Å². The minimum absolute atomic E-state index is 0.321. The molecule has 25 heavy (non-hydrogen) atoms.